The zero-order valence-corrected chi connectivity index (χ0v) is 29.7. The second kappa shape index (κ2) is 17.2. The lowest BCUT2D eigenvalue weighted by molar-refractivity contribution is -0.154. The number of hydrogen-bond donors (Lipinski definition) is 4. The maximum Gasteiger partial charge on any atom is 0.422 e. The van der Waals surface area contributed by atoms with Crippen LogP contribution in [0, 0.1) is 0 Å². The smallest absolute Gasteiger partial charge is 0.422 e. The molecule has 18 heteroatoms. The van der Waals surface area contributed by atoms with Crippen molar-refractivity contribution in [3.63, 3.8) is 0 Å². The second-order valence-corrected chi connectivity index (χ2v) is 12.5. The summed E-state index contributed by atoms with van der Waals surface area (Å²) in [6.07, 6.45) is -3.80. The summed E-state index contributed by atoms with van der Waals surface area (Å²) in [5.74, 6) is -2.81. The third-order valence-electron chi connectivity index (χ3n) is 8.22. The molecule has 1 aromatic heterocycles. The van der Waals surface area contributed by atoms with E-state index in [1.54, 1.807) is 36.4 Å². The molecule has 0 aliphatic heterocycles. The van der Waals surface area contributed by atoms with Crippen LogP contribution in [0.25, 0.3) is 0 Å². The molecule has 3 aromatic carbocycles. The van der Waals surface area contributed by atoms with E-state index in [-0.39, 0.29) is 36.8 Å². The first kappa shape index (κ1) is 39.2. The van der Waals surface area contributed by atoms with Crippen LogP contribution in [-0.4, -0.2) is 71.6 Å². The van der Waals surface area contributed by atoms with Crippen LogP contribution in [0.4, 0.5) is 30.8 Å². The number of carbonyl (C=O) groups excluding carboxylic acids is 4. The molecule has 54 heavy (non-hydrogen) atoms. The minimum absolute atomic E-state index is 0.0330. The lowest BCUT2D eigenvalue weighted by atomic mass is 10.1. The van der Waals surface area contributed by atoms with Crippen LogP contribution in [0.5, 0.6) is 11.8 Å². The van der Waals surface area contributed by atoms with Crippen LogP contribution in [0.2, 0.25) is 5.02 Å². The van der Waals surface area contributed by atoms with Crippen LogP contribution in [0.1, 0.15) is 47.2 Å². The van der Waals surface area contributed by atoms with Crippen molar-refractivity contribution in [1.29, 1.82) is 0 Å². The molecular weight excluding hydrogens is 735 g/mol. The number of rotatable bonds is 17. The molecule has 4 aromatic rings. The van der Waals surface area contributed by atoms with E-state index in [2.05, 4.69) is 36.2 Å². The van der Waals surface area contributed by atoms with Gasteiger partial charge in [-0.1, -0.05) is 41.9 Å². The van der Waals surface area contributed by atoms with Crippen LogP contribution in [0.15, 0.2) is 72.8 Å². The van der Waals surface area contributed by atoms with Crippen molar-refractivity contribution in [3.05, 3.63) is 94.5 Å². The lowest BCUT2D eigenvalue weighted by Crippen LogP contribution is -2.42. The Morgan fingerprint density at radius 2 is 1.59 bits per heavy atom. The monoisotopic (exact) mass is 769 g/mol. The summed E-state index contributed by atoms with van der Waals surface area (Å²) in [5.41, 5.74) is 1.45. The Bertz CT molecular complexity index is 1980. The number of benzene rings is 3. The van der Waals surface area contributed by atoms with Gasteiger partial charge in [-0.3, -0.25) is 14.4 Å². The highest BCUT2D eigenvalue weighted by molar-refractivity contribution is 6.36. The molecular formula is C36H35ClF3N7O7. The number of para-hydroxylation sites is 1. The van der Waals surface area contributed by atoms with Gasteiger partial charge in [-0.05, 0) is 67.3 Å². The average Bonchev–Trinajstić information content (AvgIpc) is 3.94. The maximum absolute atomic E-state index is 13.1. The van der Waals surface area contributed by atoms with Crippen LogP contribution in [-0.2, 0) is 31.2 Å². The molecule has 0 bridgehead atoms. The number of amides is 2. The highest BCUT2D eigenvalue weighted by Crippen LogP contribution is 2.48. The average molecular weight is 770 g/mol. The molecule has 0 unspecified atom stereocenters. The molecule has 4 N–H and O–H groups in total. The van der Waals surface area contributed by atoms with Crippen molar-refractivity contribution in [3.8, 4) is 11.8 Å². The largest absolute Gasteiger partial charge is 0.496 e. The van der Waals surface area contributed by atoms with Gasteiger partial charge in [-0.2, -0.15) is 28.1 Å². The van der Waals surface area contributed by atoms with Gasteiger partial charge < -0.3 is 35.5 Å². The van der Waals surface area contributed by atoms with E-state index < -0.39 is 53.9 Å². The Hall–Kier alpha value is -5.97. The molecule has 5 rings (SSSR count). The van der Waals surface area contributed by atoms with Gasteiger partial charge in [-0.25, -0.2) is 4.79 Å². The minimum atomic E-state index is -4.64. The zero-order valence-electron chi connectivity index (χ0n) is 29.0. The van der Waals surface area contributed by atoms with Crippen molar-refractivity contribution < 1.29 is 46.6 Å². The highest BCUT2D eigenvalue weighted by atomic mass is 35.5. The van der Waals surface area contributed by atoms with Gasteiger partial charge >= 0.3 is 18.2 Å². The van der Waals surface area contributed by atoms with Crippen LogP contribution >= 0.6 is 11.6 Å². The molecule has 14 nitrogen and oxygen atoms in total. The first-order valence-electron chi connectivity index (χ1n) is 16.5. The third kappa shape index (κ3) is 10.8. The summed E-state index contributed by atoms with van der Waals surface area (Å²) in [4.78, 5) is 62.9. The van der Waals surface area contributed by atoms with Crippen molar-refractivity contribution in [2.75, 3.05) is 31.5 Å². The topological polar surface area (TPSA) is 183 Å². The number of alkyl halides is 3. The summed E-state index contributed by atoms with van der Waals surface area (Å²) < 4.78 is 53.7. The molecule has 1 atom stereocenters. The van der Waals surface area contributed by atoms with Gasteiger partial charge in [0.1, 0.15) is 11.8 Å². The van der Waals surface area contributed by atoms with Gasteiger partial charge in [0, 0.05) is 34.8 Å². The summed E-state index contributed by atoms with van der Waals surface area (Å²) in [7, 11) is 2.60. The van der Waals surface area contributed by atoms with E-state index in [0.29, 0.717) is 34.9 Å². The fourth-order valence-corrected chi connectivity index (χ4v) is 5.38. The van der Waals surface area contributed by atoms with Gasteiger partial charge in [0.15, 0.2) is 6.61 Å². The number of hydrogen-bond acceptors (Lipinski definition) is 12. The molecule has 1 fully saturated rings. The number of ketones is 1. The number of carbonyl (C=O) groups is 4. The number of nitrogens with one attached hydrogen (secondary N) is 4. The standard InChI is InChI=1S/C36H35ClF3N7O7/c1-52-28-6-4-3-5-22(28)19-41-30(50)27(48)16-15-26(31(51)53-2)43-29(49)21-7-13-25(14-8-21)42-32-44-33(46-34(45-32)54-20-36(38,39)40)47-35(17-18-35)23-9-11-24(37)12-10-23/h3-14,26H,15-20H2,1-2H3,(H,41,50)(H,43,49)(H2,42,44,45,46,47)/t26-/m0/s1. The SMILES string of the molecule is COC(=O)[C@H](CCC(=O)C(=O)NCc1ccccc1OC)NC(=O)c1ccc(Nc2nc(NC3(c4ccc(Cl)cc4)CC3)nc(OCC(F)(F)F)n2)cc1. The predicted octanol–water partition coefficient (Wildman–Crippen LogP) is 5.26. The summed E-state index contributed by atoms with van der Waals surface area (Å²) in [5, 5.41) is 11.6. The Balaban J connectivity index is 1.21. The zero-order chi connectivity index (χ0) is 38.9. The molecule has 1 saturated carbocycles. The summed E-state index contributed by atoms with van der Waals surface area (Å²) in [6, 6.07) is 18.0. The summed E-state index contributed by atoms with van der Waals surface area (Å²) >= 11 is 6.03. The molecule has 284 valence electrons. The number of aromatic nitrogens is 3. The molecule has 0 saturated heterocycles. The van der Waals surface area contributed by atoms with Crippen molar-refractivity contribution in [1.82, 2.24) is 25.6 Å². The van der Waals surface area contributed by atoms with Gasteiger partial charge in [0.05, 0.1) is 19.8 Å². The van der Waals surface area contributed by atoms with Gasteiger partial charge in [0.2, 0.25) is 17.7 Å². The lowest BCUT2D eigenvalue weighted by Gasteiger charge is -2.19. The van der Waals surface area contributed by atoms with E-state index in [1.807, 2.05) is 12.1 Å². The van der Waals surface area contributed by atoms with E-state index in [0.717, 1.165) is 12.7 Å². The van der Waals surface area contributed by atoms with Crippen molar-refractivity contribution in [2.24, 2.45) is 0 Å². The molecule has 1 heterocycles. The maximum atomic E-state index is 13.1. The molecule has 1 aliphatic rings. The van der Waals surface area contributed by atoms with Gasteiger partial charge in [-0.15, -0.1) is 0 Å². The van der Waals surface area contributed by atoms with Gasteiger partial charge in [0.25, 0.3) is 11.8 Å². The number of ether oxygens (including phenoxy) is 3. The fraction of sp³-hybridized carbons (Fsp3) is 0.306. The minimum Gasteiger partial charge on any atom is -0.496 e. The molecule has 1 aliphatic carbocycles. The first-order valence-corrected chi connectivity index (χ1v) is 16.8. The van der Waals surface area contributed by atoms with E-state index in [4.69, 9.17) is 25.8 Å². The number of halogens is 4. The molecule has 0 radical (unpaired) electrons. The number of nitrogens with zero attached hydrogens (tertiary/aromatic N) is 3. The Morgan fingerprint density at radius 3 is 2.24 bits per heavy atom. The van der Waals surface area contributed by atoms with Crippen molar-refractivity contribution >= 4 is 52.8 Å². The van der Waals surface area contributed by atoms with Crippen LogP contribution in [0.3, 0.4) is 0 Å². The Labute approximate surface area is 312 Å². The second-order valence-electron chi connectivity index (χ2n) is 12.1. The number of methoxy groups -OCH3 is 2. The normalized spacial score (nSPS) is 13.5. The number of anilines is 3. The highest BCUT2D eigenvalue weighted by Gasteiger charge is 2.45. The van der Waals surface area contributed by atoms with E-state index >= 15 is 0 Å². The van der Waals surface area contributed by atoms with E-state index in [1.165, 1.54) is 31.4 Å². The number of Topliss-reactive ketones (excluding diaryl/α,β-unsaturated/α-hetero) is 1. The van der Waals surface area contributed by atoms with Crippen LogP contribution < -0.4 is 30.7 Å². The quantitative estimate of drug-likeness (QED) is 0.0809. The Kier molecular flexibility index (Phi) is 12.5. The predicted molar refractivity (Wildman–Crippen MR) is 189 cm³/mol. The van der Waals surface area contributed by atoms with Crippen molar-refractivity contribution in [2.45, 2.75) is 50.0 Å². The Morgan fingerprint density at radius 1 is 0.907 bits per heavy atom. The molecule has 2 amide bonds. The summed E-state index contributed by atoms with van der Waals surface area (Å²) in [6.45, 7) is -1.58. The molecule has 0 spiro atoms. The first-order chi connectivity index (χ1) is 25.8. The third-order valence-corrected chi connectivity index (χ3v) is 8.47. The fourth-order valence-electron chi connectivity index (χ4n) is 5.25. The van der Waals surface area contributed by atoms with E-state index in [9.17, 15) is 32.3 Å². The number of esters is 1.